The van der Waals surface area contributed by atoms with E-state index in [0.717, 1.165) is 0 Å². The van der Waals surface area contributed by atoms with Crippen LogP contribution in [0.15, 0.2) is 24.3 Å². The van der Waals surface area contributed by atoms with Crippen LogP contribution in [0.5, 0.6) is 0 Å². The van der Waals surface area contributed by atoms with E-state index in [9.17, 15) is 4.79 Å². The molecular weight excluding hydrogens is 276 g/mol. The van der Waals surface area contributed by atoms with Gasteiger partial charge in [-0.2, -0.15) is 0 Å². The van der Waals surface area contributed by atoms with E-state index in [1.807, 2.05) is 0 Å². The number of ketones is 1. The van der Waals surface area contributed by atoms with Crippen molar-refractivity contribution in [2.45, 2.75) is 22.8 Å². The minimum atomic E-state index is -1.00. The van der Waals surface area contributed by atoms with E-state index in [2.05, 4.69) is 15.9 Å². The monoisotopic (exact) mass is 288 g/mol. The number of carbonyl (C=O) groups is 1. The van der Waals surface area contributed by atoms with Crippen LogP contribution in [0.25, 0.3) is 0 Å². The Hall–Kier alpha value is -0.490. The number of allylic oxidation sites excluding steroid dienone is 1. The molecule has 0 aromatic carbocycles. The topological polar surface area (TPSA) is 44.8 Å². The molecule has 0 amide bonds. The number of carbonyl (C=O) groups excluding carboxylic acids is 1. The molecule has 0 saturated carbocycles. The van der Waals surface area contributed by atoms with E-state index in [0.29, 0.717) is 6.42 Å². The third-order valence-electron chi connectivity index (χ3n) is 2.82. The molecule has 0 fully saturated rings. The first-order valence-corrected chi connectivity index (χ1v) is 5.84. The quantitative estimate of drug-likeness (QED) is 0.571. The Morgan fingerprint density at radius 2 is 2.12 bits per heavy atom. The summed E-state index contributed by atoms with van der Waals surface area (Å²) >= 11 is 3.43. The summed E-state index contributed by atoms with van der Waals surface area (Å²) < 4.78 is 16.4. The second-order valence-corrected chi connectivity index (χ2v) is 4.86. The van der Waals surface area contributed by atoms with Gasteiger partial charge in [-0.1, -0.05) is 15.9 Å². The first-order chi connectivity index (χ1) is 7.56. The van der Waals surface area contributed by atoms with E-state index < -0.39 is 11.6 Å². The van der Waals surface area contributed by atoms with Crippen molar-refractivity contribution in [3.8, 4) is 0 Å². The molecule has 2 rings (SSSR count). The summed E-state index contributed by atoms with van der Waals surface area (Å²) in [5.41, 5.74) is 0. The summed E-state index contributed by atoms with van der Waals surface area (Å²) in [4.78, 5) is 11.3. The van der Waals surface area contributed by atoms with Crippen LogP contribution in [0, 0.1) is 0 Å². The fourth-order valence-corrected chi connectivity index (χ4v) is 2.57. The van der Waals surface area contributed by atoms with Gasteiger partial charge in [-0.25, -0.2) is 0 Å². The molecule has 16 heavy (non-hydrogen) atoms. The van der Waals surface area contributed by atoms with Crippen LogP contribution in [0.2, 0.25) is 0 Å². The van der Waals surface area contributed by atoms with Gasteiger partial charge in [0.2, 0.25) is 11.6 Å². The lowest BCUT2D eigenvalue weighted by molar-refractivity contribution is -0.274. The SMILES string of the molecule is CO[C@@]12C=C[C@@](OC)(O1)[C@H](Br)CC(=O)/C=C\2. The Bertz CT molecular complexity index is 365. The Balaban J connectivity index is 2.42. The normalized spacial score (nSPS) is 44.2. The second kappa shape index (κ2) is 4.07. The first kappa shape index (κ1) is 12.0. The molecule has 88 valence electrons. The summed E-state index contributed by atoms with van der Waals surface area (Å²) in [7, 11) is 3.07. The van der Waals surface area contributed by atoms with Crippen molar-refractivity contribution in [1.82, 2.24) is 0 Å². The maximum absolute atomic E-state index is 11.6. The highest BCUT2D eigenvalue weighted by Crippen LogP contribution is 2.41. The van der Waals surface area contributed by atoms with Gasteiger partial charge in [-0.15, -0.1) is 0 Å². The lowest BCUT2D eigenvalue weighted by Crippen LogP contribution is -2.46. The standard InChI is InChI=1S/C11H13BrO4/c1-14-10-4-3-8(13)7-9(12)11(15-2,16-10)6-5-10/h3-6,9H,7H2,1-2H3/b4-3-/t9-,10-,11-/m1/s1. The second-order valence-electron chi connectivity index (χ2n) is 3.76. The molecule has 2 aliphatic rings. The predicted molar refractivity (Wildman–Crippen MR) is 61.2 cm³/mol. The molecule has 0 radical (unpaired) electrons. The van der Waals surface area contributed by atoms with Crippen molar-refractivity contribution in [2.24, 2.45) is 0 Å². The third kappa shape index (κ3) is 1.78. The molecule has 0 aromatic rings. The van der Waals surface area contributed by atoms with Crippen LogP contribution in [0.4, 0.5) is 0 Å². The van der Waals surface area contributed by atoms with E-state index in [-0.39, 0.29) is 10.6 Å². The van der Waals surface area contributed by atoms with Gasteiger partial charge in [-0.3, -0.25) is 4.79 Å². The molecule has 0 N–H and O–H groups in total. The van der Waals surface area contributed by atoms with Gasteiger partial charge in [-0.05, 0) is 24.3 Å². The summed E-state index contributed by atoms with van der Waals surface area (Å²) in [6.45, 7) is 0. The predicted octanol–water partition coefficient (Wildman–Crippen LogP) is 1.55. The summed E-state index contributed by atoms with van der Waals surface area (Å²) in [6, 6.07) is 0. The van der Waals surface area contributed by atoms with Gasteiger partial charge in [0, 0.05) is 20.6 Å². The minimum absolute atomic E-state index is 0.0109. The molecule has 0 spiro atoms. The van der Waals surface area contributed by atoms with Crippen LogP contribution in [0.1, 0.15) is 6.42 Å². The molecule has 0 unspecified atom stereocenters. The first-order valence-electron chi connectivity index (χ1n) is 4.93. The number of hydrogen-bond donors (Lipinski definition) is 0. The average molecular weight is 289 g/mol. The summed E-state index contributed by atoms with van der Waals surface area (Å²) in [5, 5.41) is 0. The molecule has 0 aliphatic carbocycles. The lowest BCUT2D eigenvalue weighted by atomic mass is 10.1. The van der Waals surface area contributed by atoms with Crippen LogP contribution in [0.3, 0.4) is 0 Å². The van der Waals surface area contributed by atoms with E-state index in [4.69, 9.17) is 14.2 Å². The molecule has 3 atom stereocenters. The largest absolute Gasteiger partial charge is 0.349 e. The number of ether oxygens (including phenoxy) is 3. The number of rotatable bonds is 2. The van der Waals surface area contributed by atoms with Crippen molar-refractivity contribution < 1.29 is 19.0 Å². The van der Waals surface area contributed by atoms with Gasteiger partial charge in [0.1, 0.15) is 0 Å². The molecule has 4 nitrogen and oxygen atoms in total. The number of hydrogen-bond acceptors (Lipinski definition) is 4. The maximum atomic E-state index is 11.6. The van der Waals surface area contributed by atoms with Crippen LogP contribution in [-0.2, 0) is 19.0 Å². The fourth-order valence-electron chi connectivity index (χ4n) is 1.82. The van der Waals surface area contributed by atoms with Gasteiger partial charge >= 0.3 is 0 Å². The Morgan fingerprint density at radius 3 is 2.75 bits per heavy atom. The van der Waals surface area contributed by atoms with Crippen LogP contribution in [-0.4, -0.2) is 36.4 Å². The fraction of sp³-hybridized carbons (Fsp3) is 0.545. The zero-order valence-corrected chi connectivity index (χ0v) is 10.7. The molecular formula is C11H13BrO4. The van der Waals surface area contributed by atoms with Crippen LogP contribution < -0.4 is 0 Å². The zero-order valence-electron chi connectivity index (χ0n) is 9.10. The maximum Gasteiger partial charge on any atom is 0.211 e. The van der Waals surface area contributed by atoms with Crippen molar-refractivity contribution in [1.29, 1.82) is 0 Å². The number of alkyl halides is 1. The Kier molecular flexibility index (Phi) is 3.05. The van der Waals surface area contributed by atoms with Gasteiger partial charge in [0.25, 0.3) is 0 Å². The molecule has 0 aromatic heterocycles. The molecule has 0 saturated heterocycles. The van der Waals surface area contributed by atoms with E-state index >= 15 is 0 Å². The highest BCUT2D eigenvalue weighted by Gasteiger charge is 2.50. The number of halogens is 1. The average Bonchev–Trinajstić information content (AvgIpc) is 2.68. The van der Waals surface area contributed by atoms with Crippen LogP contribution >= 0.6 is 15.9 Å². The van der Waals surface area contributed by atoms with Gasteiger partial charge < -0.3 is 14.2 Å². The van der Waals surface area contributed by atoms with E-state index in [1.165, 1.54) is 13.2 Å². The molecule has 2 bridgehead atoms. The smallest absolute Gasteiger partial charge is 0.211 e. The Morgan fingerprint density at radius 1 is 1.38 bits per heavy atom. The summed E-state index contributed by atoms with van der Waals surface area (Å²) in [6.07, 6.45) is 6.92. The molecule has 2 heterocycles. The summed E-state index contributed by atoms with van der Waals surface area (Å²) in [5.74, 6) is -1.94. The minimum Gasteiger partial charge on any atom is -0.349 e. The van der Waals surface area contributed by atoms with Crippen molar-refractivity contribution in [2.75, 3.05) is 14.2 Å². The lowest BCUT2D eigenvalue weighted by Gasteiger charge is -2.36. The molecule has 5 heteroatoms. The zero-order chi connectivity index (χ0) is 11.8. The van der Waals surface area contributed by atoms with Crippen molar-refractivity contribution in [3.63, 3.8) is 0 Å². The Labute approximate surface area is 102 Å². The third-order valence-corrected chi connectivity index (χ3v) is 3.79. The molecule has 2 aliphatic heterocycles. The highest BCUT2D eigenvalue weighted by molar-refractivity contribution is 9.09. The van der Waals surface area contributed by atoms with Crippen molar-refractivity contribution in [3.05, 3.63) is 24.3 Å². The van der Waals surface area contributed by atoms with E-state index in [1.54, 1.807) is 25.3 Å². The number of fused-ring (bicyclic) bond motifs is 2. The van der Waals surface area contributed by atoms with Crippen molar-refractivity contribution >= 4 is 21.7 Å². The van der Waals surface area contributed by atoms with Gasteiger partial charge in [0.15, 0.2) is 5.78 Å². The van der Waals surface area contributed by atoms with Gasteiger partial charge in [0.05, 0.1) is 4.83 Å². The highest BCUT2D eigenvalue weighted by atomic mass is 79.9. The number of methoxy groups -OCH3 is 2.